The fraction of sp³-hybridized carbons (Fsp3) is 0.579. The van der Waals surface area contributed by atoms with Gasteiger partial charge in [0.1, 0.15) is 5.82 Å². The summed E-state index contributed by atoms with van der Waals surface area (Å²) in [4.78, 5) is 22.6. The van der Waals surface area contributed by atoms with E-state index in [9.17, 15) is 0 Å². The standard InChI is InChI=1S/C19H28N6/c1-14(2)18-21-11-15(12-22-18)13-25-10-6-5-7-17(25)16-8-9-20-19(23-16)24(3)4/h8-9,11-12,14,17H,5-7,10,13H2,1-4H3/t17-/m0/s1. The molecule has 6 heteroatoms. The van der Waals surface area contributed by atoms with Crippen molar-refractivity contribution in [2.45, 2.75) is 51.6 Å². The predicted octanol–water partition coefficient (Wildman–Crippen LogP) is 3.18. The Morgan fingerprint density at radius 3 is 2.60 bits per heavy atom. The molecule has 1 saturated heterocycles. The van der Waals surface area contributed by atoms with Crippen molar-refractivity contribution < 1.29 is 0 Å². The third-order valence-electron chi connectivity index (χ3n) is 4.65. The summed E-state index contributed by atoms with van der Waals surface area (Å²) in [5.41, 5.74) is 2.27. The maximum atomic E-state index is 4.77. The molecular formula is C19H28N6. The zero-order valence-corrected chi connectivity index (χ0v) is 15.7. The number of likely N-dealkylation sites (tertiary alicyclic amines) is 1. The third-order valence-corrected chi connectivity index (χ3v) is 4.65. The highest BCUT2D eigenvalue weighted by Gasteiger charge is 2.25. The lowest BCUT2D eigenvalue weighted by Gasteiger charge is -2.35. The average molecular weight is 340 g/mol. The van der Waals surface area contributed by atoms with Crippen molar-refractivity contribution in [3.63, 3.8) is 0 Å². The first-order chi connectivity index (χ1) is 12.0. The summed E-state index contributed by atoms with van der Waals surface area (Å²) in [7, 11) is 3.96. The molecule has 0 N–H and O–H groups in total. The van der Waals surface area contributed by atoms with Crippen LogP contribution in [-0.2, 0) is 6.54 Å². The molecule has 3 heterocycles. The van der Waals surface area contributed by atoms with Crippen molar-refractivity contribution >= 4 is 5.95 Å². The van der Waals surface area contributed by atoms with Crippen molar-refractivity contribution in [3.05, 3.63) is 41.7 Å². The molecule has 1 aliphatic rings. The second-order valence-electron chi connectivity index (χ2n) is 7.26. The summed E-state index contributed by atoms with van der Waals surface area (Å²) in [5.74, 6) is 2.04. The molecule has 0 amide bonds. The second kappa shape index (κ2) is 7.87. The zero-order valence-electron chi connectivity index (χ0n) is 15.7. The second-order valence-corrected chi connectivity index (χ2v) is 7.26. The number of nitrogens with zero attached hydrogens (tertiary/aromatic N) is 6. The highest BCUT2D eigenvalue weighted by molar-refractivity contribution is 5.28. The van der Waals surface area contributed by atoms with Gasteiger partial charge in [0.25, 0.3) is 0 Å². The van der Waals surface area contributed by atoms with E-state index < -0.39 is 0 Å². The van der Waals surface area contributed by atoms with Gasteiger partial charge in [0.05, 0.1) is 11.7 Å². The third kappa shape index (κ3) is 4.31. The topological polar surface area (TPSA) is 58.0 Å². The first-order valence-corrected chi connectivity index (χ1v) is 9.09. The lowest BCUT2D eigenvalue weighted by atomic mass is 9.98. The van der Waals surface area contributed by atoms with Crippen LogP contribution in [0.2, 0.25) is 0 Å². The number of hydrogen-bond acceptors (Lipinski definition) is 6. The van der Waals surface area contributed by atoms with Gasteiger partial charge < -0.3 is 4.90 Å². The van der Waals surface area contributed by atoms with E-state index >= 15 is 0 Å². The fourth-order valence-electron chi connectivity index (χ4n) is 3.26. The molecule has 0 spiro atoms. The normalized spacial score (nSPS) is 18.5. The van der Waals surface area contributed by atoms with Crippen LogP contribution in [0.5, 0.6) is 0 Å². The van der Waals surface area contributed by atoms with Crippen LogP contribution in [0.3, 0.4) is 0 Å². The first-order valence-electron chi connectivity index (χ1n) is 9.09. The van der Waals surface area contributed by atoms with Crippen molar-refractivity contribution in [1.82, 2.24) is 24.8 Å². The Balaban J connectivity index is 1.78. The van der Waals surface area contributed by atoms with Gasteiger partial charge in [0.2, 0.25) is 5.95 Å². The van der Waals surface area contributed by atoms with Crippen LogP contribution < -0.4 is 4.90 Å². The van der Waals surface area contributed by atoms with Crippen molar-refractivity contribution in [2.24, 2.45) is 0 Å². The van der Waals surface area contributed by atoms with E-state index in [4.69, 9.17) is 4.98 Å². The quantitative estimate of drug-likeness (QED) is 0.833. The minimum absolute atomic E-state index is 0.334. The van der Waals surface area contributed by atoms with Crippen LogP contribution in [0.1, 0.15) is 62.2 Å². The van der Waals surface area contributed by atoms with E-state index in [0.29, 0.717) is 12.0 Å². The highest BCUT2D eigenvalue weighted by Crippen LogP contribution is 2.31. The largest absolute Gasteiger partial charge is 0.347 e. The molecular weight excluding hydrogens is 312 g/mol. The lowest BCUT2D eigenvalue weighted by Crippen LogP contribution is -2.33. The Bertz CT molecular complexity index is 683. The summed E-state index contributed by atoms with van der Waals surface area (Å²) in [6.07, 6.45) is 9.41. The van der Waals surface area contributed by atoms with Crippen LogP contribution in [0.4, 0.5) is 5.95 Å². The molecule has 0 unspecified atom stereocenters. The predicted molar refractivity (Wildman–Crippen MR) is 99.5 cm³/mol. The van der Waals surface area contributed by atoms with Gasteiger partial charge in [-0.3, -0.25) is 4.90 Å². The molecule has 2 aromatic heterocycles. The number of rotatable bonds is 5. The summed E-state index contributed by atoms with van der Waals surface area (Å²) in [5, 5.41) is 0. The summed E-state index contributed by atoms with van der Waals surface area (Å²) in [6, 6.07) is 2.38. The van der Waals surface area contributed by atoms with E-state index in [-0.39, 0.29) is 0 Å². The Morgan fingerprint density at radius 1 is 1.16 bits per heavy atom. The van der Waals surface area contributed by atoms with Gasteiger partial charge in [0.15, 0.2) is 0 Å². The molecule has 25 heavy (non-hydrogen) atoms. The number of anilines is 1. The van der Waals surface area contributed by atoms with Crippen LogP contribution in [-0.4, -0.2) is 45.5 Å². The SMILES string of the molecule is CC(C)c1ncc(CN2CCCC[C@H]2c2ccnc(N(C)C)n2)cn1. The van der Waals surface area contributed by atoms with E-state index in [1.54, 1.807) is 0 Å². The summed E-state index contributed by atoms with van der Waals surface area (Å²) in [6.45, 7) is 6.18. The van der Waals surface area contributed by atoms with Crippen LogP contribution in [0, 0.1) is 0 Å². The van der Waals surface area contributed by atoms with Gasteiger partial charge in [-0.1, -0.05) is 20.3 Å². The van der Waals surface area contributed by atoms with E-state index in [1.807, 2.05) is 43.7 Å². The number of piperidine rings is 1. The smallest absolute Gasteiger partial charge is 0.225 e. The number of aromatic nitrogens is 4. The van der Waals surface area contributed by atoms with E-state index in [1.165, 1.54) is 12.8 Å². The molecule has 0 aromatic carbocycles. The maximum Gasteiger partial charge on any atom is 0.225 e. The van der Waals surface area contributed by atoms with Gasteiger partial charge in [0, 0.05) is 50.7 Å². The van der Waals surface area contributed by atoms with Gasteiger partial charge in [-0.15, -0.1) is 0 Å². The van der Waals surface area contributed by atoms with Crippen molar-refractivity contribution in [2.75, 3.05) is 25.5 Å². The molecule has 134 valence electrons. The van der Waals surface area contributed by atoms with Gasteiger partial charge in [-0.2, -0.15) is 0 Å². The maximum absolute atomic E-state index is 4.77. The average Bonchev–Trinajstić information content (AvgIpc) is 2.63. The summed E-state index contributed by atoms with van der Waals surface area (Å²) < 4.78 is 0. The van der Waals surface area contributed by atoms with Gasteiger partial charge >= 0.3 is 0 Å². The molecule has 0 bridgehead atoms. The van der Waals surface area contributed by atoms with Crippen molar-refractivity contribution in [1.29, 1.82) is 0 Å². The molecule has 1 fully saturated rings. The summed E-state index contributed by atoms with van der Waals surface area (Å²) >= 11 is 0. The lowest BCUT2D eigenvalue weighted by molar-refractivity contribution is 0.137. The zero-order chi connectivity index (χ0) is 17.8. The van der Waals surface area contributed by atoms with Crippen LogP contribution in [0.15, 0.2) is 24.7 Å². The molecule has 0 radical (unpaired) electrons. The van der Waals surface area contributed by atoms with E-state index in [0.717, 1.165) is 42.5 Å². The molecule has 3 rings (SSSR count). The van der Waals surface area contributed by atoms with Gasteiger partial charge in [-0.25, -0.2) is 19.9 Å². The minimum atomic E-state index is 0.334. The molecule has 1 aliphatic heterocycles. The van der Waals surface area contributed by atoms with Crippen molar-refractivity contribution in [3.8, 4) is 0 Å². The van der Waals surface area contributed by atoms with Crippen LogP contribution >= 0.6 is 0 Å². The molecule has 1 atom stereocenters. The molecule has 6 nitrogen and oxygen atoms in total. The highest BCUT2D eigenvalue weighted by atomic mass is 15.2. The van der Waals surface area contributed by atoms with E-state index in [2.05, 4.69) is 33.7 Å². The molecule has 0 saturated carbocycles. The van der Waals surface area contributed by atoms with Crippen LogP contribution in [0.25, 0.3) is 0 Å². The molecule has 0 aliphatic carbocycles. The Morgan fingerprint density at radius 2 is 1.92 bits per heavy atom. The Labute approximate surface area is 150 Å². The Hall–Kier alpha value is -2.08. The minimum Gasteiger partial charge on any atom is -0.347 e. The Kier molecular flexibility index (Phi) is 5.58. The monoisotopic (exact) mass is 340 g/mol. The number of hydrogen-bond donors (Lipinski definition) is 0. The first kappa shape index (κ1) is 17.7. The molecule has 2 aromatic rings. The van der Waals surface area contributed by atoms with Gasteiger partial charge in [-0.05, 0) is 25.5 Å². The fourth-order valence-corrected chi connectivity index (χ4v) is 3.26.